The molecule has 30 heavy (non-hydrogen) atoms. The molecule has 2 nitrogen and oxygen atoms in total. The van der Waals surface area contributed by atoms with Crippen LogP contribution in [0, 0.1) is 0 Å². The lowest BCUT2D eigenvalue weighted by Gasteiger charge is -2.15. The van der Waals surface area contributed by atoms with E-state index >= 15 is 0 Å². The highest BCUT2D eigenvalue weighted by Crippen LogP contribution is 2.40. The molecule has 0 aliphatic carbocycles. The maximum Gasteiger partial charge on any atom is 0.136 e. The summed E-state index contributed by atoms with van der Waals surface area (Å²) in [6, 6.07) is 37.8. The van der Waals surface area contributed by atoms with Gasteiger partial charge in [-0.25, -0.2) is 0 Å². The van der Waals surface area contributed by atoms with Gasteiger partial charge in [0.05, 0.1) is 0 Å². The molecule has 1 aromatic heterocycles. The molecule has 0 radical (unpaired) electrons. The second-order valence-corrected chi connectivity index (χ2v) is 7.48. The Morgan fingerprint density at radius 2 is 1.27 bits per heavy atom. The van der Waals surface area contributed by atoms with Crippen LogP contribution in [0.4, 0.5) is 11.4 Å². The van der Waals surface area contributed by atoms with Crippen LogP contribution in [0.2, 0.25) is 0 Å². The SMILES string of the molecule is c1ccc(-c2ccccc2Nc2cccc3ccc4oc5ccccc5c4c23)cc1. The average Bonchev–Trinajstić information content (AvgIpc) is 3.19. The van der Waals surface area contributed by atoms with E-state index in [4.69, 9.17) is 4.42 Å². The predicted octanol–water partition coefficient (Wildman–Crippen LogP) is 8.15. The summed E-state index contributed by atoms with van der Waals surface area (Å²) in [4.78, 5) is 0. The van der Waals surface area contributed by atoms with Crippen molar-refractivity contribution >= 4 is 44.1 Å². The van der Waals surface area contributed by atoms with Gasteiger partial charge in [-0.05, 0) is 35.2 Å². The number of hydrogen-bond donors (Lipinski definition) is 1. The normalized spacial score (nSPS) is 11.3. The summed E-state index contributed by atoms with van der Waals surface area (Å²) in [5.41, 5.74) is 6.36. The lowest BCUT2D eigenvalue weighted by Crippen LogP contribution is -1.94. The van der Waals surface area contributed by atoms with E-state index in [1.54, 1.807) is 0 Å². The molecule has 0 aliphatic rings. The largest absolute Gasteiger partial charge is 0.456 e. The van der Waals surface area contributed by atoms with E-state index < -0.39 is 0 Å². The molecule has 6 rings (SSSR count). The van der Waals surface area contributed by atoms with Crippen LogP contribution in [0.15, 0.2) is 114 Å². The highest BCUT2D eigenvalue weighted by Gasteiger charge is 2.14. The number of para-hydroxylation sites is 2. The Hall–Kier alpha value is -4.04. The zero-order valence-corrected chi connectivity index (χ0v) is 16.3. The van der Waals surface area contributed by atoms with Crippen molar-refractivity contribution in [3.8, 4) is 11.1 Å². The molecule has 0 fully saturated rings. The zero-order valence-electron chi connectivity index (χ0n) is 16.3. The lowest BCUT2D eigenvalue weighted by atomic mass is 10.0. The fourth-order valence-corrected chi connectivity index (χ4v) is 4.30. The van der Waals surface area contributed by atoms with Crippen molar-refractivity contribution in [2.75, 3.05) is 5.32 Å². The van der Waals surface area contributed by atoms with Crippen LogP contribution in [-0.2, 0) is 0 Å². The maximum atomic E-state index is 6.13. The third-order valence-corrected chi connectivity index (χ3v) is 5.66. The van der Waals surface area contributed by atoms with Gasteiger partial charge >= 0.3 is 0 Å². The van der Waals surface area contributed by atoms with Crippen molar-refractivity contribution in [3.63, 3.8) is 0 Å². The smallest absolute Gasteiger partial charge is 0.136 e. The van der Waals surface area contributed by atoms with Crippen LogP contribution in [0.1, 0.15) is 0 Å². The Labute approximate surface area is 174 Å². The summed E-state index contributed by atoms with van der Waals surface area (Å²) in [6.07, 6.45) is 0. The Kier molecular flexibility index (Phi) is 3.82. The summed E-state index contributed by atoms with van der Waals surface area (Å²) >= 11 is 0. The molecule has 0 aliphatic heterocycles. The molecule has 0 saturated carbocycles. The molecule has 0 amide bonds. The van der Waals surface area contributed by atoms with Gasteiger partial charge in [-0.1, -0.05) is 84.9 Å². The van der Waals surface area contributed by atoms with Crippen molar-refractivity contribution in [2.24, 2.45) is 0 Å². The number of nitrogens with one attached hydrogen (secondary N) is 1. The predicted molar refractivity (Wildman–Crippen MR) is 126 cm³/mol. The minimum Gasteiger partial charge on any atom is -0.456 e. The van der Waals surface area contributed by atoms with Gasteiger partial charge in [0.25, 0.3) is 0 Å². The first-order valence-corrected chi connectivity index (χ1v) is 10.1. The van der Waals surface area contributed by atoms with E-state index in [2.05, 4.69) is 96.3 Å². The van der Waals surface area contributed by atoms with Crippen LogP contribution in [0.25, 0.3) is 43.8 Å². The molecule has 1 N–H and O–H groups in total. The van der Waals surface area contributed by atoms with E-state index in [-0.39, 0.29) is 0 Å². The Morgan fingerprint density at radius 3 is 2.20 bits per heavy atom. The molecule has 5 aromatic carbocycles. The Balaban J connectivity index is 1.60. The standard InChI is InChI=1S/C28H19NO/c1-2-9-19(10-3-1)21-12-4-6-14-23(21)29-24-15-8-11-20-17-18-26-28(27(20)24)22-13-5-7-16-25(22)30-26/h1-18,29H. The molecule has 0 unspecified atom stereocenters. The summed E-state index contributed by atoms with van der Waals surface area (Å²) in [6.45, 7) is 0. The highest BCUT2D eigenvalue weighted by atomic mass is 16.3. The van der Waals surface area contributed by atoms with Crippen molar-refractivity contribution in [2.45, 2.75) is 0 Å². The van der Waals surface area contributed by atoms with Crippen molar-refractivity contribution in [3.05, 3.63) is 109 Å². The van der Waals surface area contributed by atoms with E-state index in [1.807, 2.05) is 18.2 Å². The van der Waals surface area contributed by atoms with Gasteiger partial charge in [0.1, 0.15) is 11.2 Å². The van der Waals surface area contributed by atoms with E-state index in [0.29, 0.717) is 0 Å². The molecular formula is C28H19NO. The van der Waals surface area contributed by atoms with Crippen molar-refractivity contribution < 1.29 is 4.42 Å². The minimum atomic E-state index is 0.911. The number of benzene rings is 5. The number of anilines is 2. The third-order valence-electron chi connectivity index (χ3n) is 5.66. The third kappa shape index (κ3) is 2.66. The van der Waals surface area contributed by atoms with Crippen LogP contribution >= 0.6 is 0 Å². The van der Waals surface area contributed by atoms with Gasteiger partial charge in [0.15, 0.2) is 0 Å². The average molecular weight is 385 g/mol. The first-order valence-electron chi connectivity index (χ1n) is 10.1. The molecule has 2 heteroatoms. The van der Waals surface area contributed by atoms with Crippen LogP contribution in [0.5, 0.6) is 0 Å². The second-order valence-electron chi connectivity index (χ2n) is 7.48. The molecular weight excluding hydrogens is 366 g/mol. The fourth-order valence-electron chi connectivity index (χ4n) is 4.30. The molecule has 0 bridgehead atoms. The summed E-state index contributed by atoms with van der Waals surface area (Å²) < 4.78 is 6.13. The van der Waals surface area contributed by atoms with Gasteiger partial charge in [-0.15, -0.1) is 0 Å². The Morgan fingerprint density at radius 1 is 0.500 bits per heavy atom. The van der Waals surface area contributed by atoms with Crippen LogP contribution < -0.4 is 5.32 Å². The molecule has 6 aromatic rings. The quantitative estimate of drug-likeness (QED) is 0.332. The molecule has 0 atom stereocenters. The highest BCUT2D eigenvalue weighted by molar-refractivity contribution is 6.22. The number of fused-ring (bicyclic) bond motifs is 5. The van der Waals surface area contributed by atoms with E-state index in [1.165, 1.54) is 21.9 Å². The van der Waals surface area contributed by atoms with Crippen molar-refractivity contribution in [1.82, 2.24) is 0 Å². The molecule has 142 valence electrons. The van der Waals surface area contributed by atoms with Gasteiger partial charge in [-0.2, -0.15) is 0 Å². The maximum absolute atomic E-state index is 6.13. The van der Waals surface area contributed by atoms with Crippen molar-refractivity contribution in [1.29, 1.82) is 0 Å². The second kappa shape index (κ2) is 6.78. The zero-order chi connectivity index (χ0) is 19.9. The fraction of sp³-hybridized carbons (Fsp3) is 0. The number of rotatable bonds is 3. The first-order chi connectivity index (χ1) is 14.9. The Bertz CT molecular complexity index is 1510. The summed E-state index contributed by atoms with van der Waals surface area (Å²) in [5, 5.41) is 8.39. The van der Waals surface area contributed by atoms with Crippen LogP contribution in [0.3, 0.4) is 0 Å². The van der Waals surface area contributed by atoms with Gasteiger partial charge in [0.2, 0.25) is 0 Å². The number of furan rings is 1. The topological polar surface area (TPSA) is 25.2 Å². The monoisotopic (exact) mass is 385 g/mol. The van der Waals surface area contributed by atoms with Gasteiger partial charge in [0, 0.05) is 33.1 Å². The van der Waals surface area contributed by atoms with Gasteiger partial charge < -0.3 is 9.73 Å². The molecule has 0 saturated heterocycles. The summed E-state index contributed by atoms with van der Waals surface area (Å²) in [7, 11) is 0. The minimum absolute atomic E-state index is 0.911. The van der Waals surface area contributed by atoms with E-state index in [0.717, 1.165) is 33.3 Å². The summed E-state index contributed by atoms with van der Waals surface area (Å²) in [5.74, 6) is 0. The number of hydrogen-bond acceptors (Lipinski definition) is 2. The first kappa shape index (κ1) is 16.9. The molecule has 0 spiro atoms. The van der Waals surface area contributed by atoms with Gasteiger partial charge in [-0.3, -0.25) is 0 Å². The molecule has 1 heterocycles. The van der Waals surface area contributed by atoms with E-state index in [9.17, 15) is 0 Å². The lowest BCUT2D eigenvalue weighted by molar-refractivity contribution is 0.669. The van der Waals surface area contributed by atoms with Crippen LogP contribution in [-0.4, -0.2) is 0 Å².